The van der Waals surface area contributed by atoms with E-state index < -0.39 is 0 Å². The van der Waals surface area contributed by atoms with Gasteiger partial charge in [-0.25, -0.2) is 4.39 Å². The Kier molecular flexibility index (Phi) is 4.22. The molecule has 0 amide bonds. The Bertz CT molecular complexity index is 640. The molecule has 21 heavy (non-hydrogen) atoms. The molecule has 0 spiro atoms. The number of anilines is 1. The van der Waals surface area contributed by atoms with E-state index in [1.807, 2.05) is 6.07 Å². The molecule has 1 aromatic carbocycles. The predicted octanol–water partition coefficient (Wildman–Crippen LogP) is 4.73. The number of nitrogens with zero attached hydrogens (tertiary/aromatic N) is 1. The summed E-state index contributed by atoms with van der Waals surface area (Å²) >= 11 is 7.28. The first-order chi connectivity index (χ1) is 10.1. The van der Waals surface area contributed by atoms with Gasteiger partial charge in [-0.05, 0) is 61.1 Å². The van der Waals surface area contributed by atoms with Crippen molar-refractivity contribution in [3.05, 3.63) is 52.0 Å². The van der Waals surface area contributed by atoms with Gasteiger partial charge in [0, 0.05) is 17.1 Å². The summed E-state index contributed by atoms with van der Waals surface area (Å²) in [5.41, 5.74) is 1.35. The van der Waals surface area contributed by atoms with E-state index in [1.165, 1.54) is 10.9 Å². The van der Waals surface area contributed by atoms with E-state index in [0.29, 0.717) is 22.4 Å². The molecule has 0 radical (unpaired) electrons. The van der Waals surface area contributed by atoms with E-state index in [2.05, 4.69) is 27.7 Å². The van der Waals surface area contributed by atoms with Crippen LogP contribution in [0.5, 0.6) is 0 Å². The van der Waals surface area contributed by atoms with Crippen molar-refractivity contribution in [1.29, 1.82) is 0 Å². The molecule has 2 nitrogen and oxygen atoms in total. The van der Waals surface area contributed by atoms with Crippen molar-refractivity contribution in [2.45, 2.75) is 25.8 Å². The van der Waals surface area contributed by atoms with Crippen molar-refractivity contribution in [1.82, 2.24) is 4.90 Å². The summed E-state index contributed by atoms with van der Waals surface area (Å²) < 4.78 is 13.6. The minimum Gasteiger partial charge on any atom is -0.341 e. The highest BCUT2D eigenvalue weighted by molar-refractivity contribution is 7.80. The third-order valence-corrected chi connectivity index (χ3v) is 5.12. The molecule has 1 aromatic heterocycles. The number of thiocarbonyl (C=S) groups is 1. The van der Waals surface area contributed by atoms with Crippen LogP contribution in [0.25, 0.3) is 0 Å². The van der Waals surface area contributed by atoms with Crippen LogP contribution in [0.2, 0.25) is 0 Å². The van der Waals surface area contributed by atoms with Crippen molar-refractivity contribution < 1.29 is 4.39 Å². The molecule has 1 saturated heterocycles. The maximum Gasteiger partial charge on any atom is 0.173 e. The molecule has 2 aromatic rings. The first-order valence-electron chi connectivity index (χ1n) is 7.02. The number of rotatable bonds is 2. The predicted molar refractivity (Wildman–Crippen MR) is 90.4 cm³/mol. The van der Waals surface area contributed by atoms with Gasteiger partial charge in [-0.2, -0.15) is 0 Å². The molecule has 2 heterocycles. The molecule has 0 aliphatic carbocycles. The Hall–Kier alpha value is -1.46. The van der Waals surface area contributed by atoms with Gasteiger partial charge in [0.05, 0.1) is 6.04 Å². The quantitative estimate of drug-likeness (QED) is 0.805. The second-order valence-corrected chi connectivity index (χ2v) is 6.63. The minimum absolute atomic E-state index is 0.209. The second-order valence-electron chi connectivity index (χ2n) is 5.26. The van der Waals surface area contributed by atoms with Gasteiger partial charge >= 0.3 is 0 Å². The molecule has 0 saturated carbocycles. The van der Waals surface area contributed by atoms with Crippen LogP contribution in [-0.4, -0.2) is 16.6 Å². The number of halogens is 1. The number of nitrogens with one attached hydrogen (secondary N) is 1. The summed E-state index contributed by atoms with van der Waals surface area (Å²) in [5, 5.41) is 5.94. The summed E-state index contributed by atoms with van der Waals surface area (Å²) in [6.45, 7) is 2.70. The van der Waals surface area contributed by atoms with Crippen LogP contribution in [0.15, 0.2) is 35.7 Å². The summed E-state index contributed by atoms with van der Waals surface area (Å²) in [7, 11) is 0. The van der Waals surface area contributed by atoms with Crippen LogP contribution in [0.3, 0.4) is 0 Å². The normalized spacial score (nSPS) is 18.0. The van der Waals surface area contributed by atoms with E-state index in [-0.39, 0.29) is 5.82 Å². The fourth-order valence-corrected chi connectivity index (χ4v) is 3.86. The van der Waals surface area contributed by atoms with Crippen LogP contribution < -0.4 is 5.32 Å². The average Bonchev–Trinajstić information content (AvgIpc) is 3.12. The molecule has 3 rings (SSSR count). The van der Waals surface area contributed by atoms with E-state index in [4.69, 9.17) is 12.2 Å². The topological polar surface area (TPSA) is 15.3 Å². The van der Waals surface area contributed by atoms with Crippen LogP contribution >= 0.6 is 23.6 Å². The molecule has 5 heteroatoms. The highest BCUT2D eigenvalue weighted by Gasteiger charge is 2.28. The molecule has 1 aliphatic heterocycles. The Labute approximate surface area is 133 Å². The Morgan fingerprint density at radius 3 is 3.00 bits per heavy atom. The highest BCUT2D eigenvalue weighted by atomic mass is 32.1. The zero-order valence-corrected chi connectivity index (χ0v) is 13.4. The smallest absolute Gasteiger partial charge is 0.173 e. The zero-order valence-electron chi connectivity index (χ0n) is 11.8. The molecule has 110 valence electrons. The van der Waals surface area contributed by atoms with Gasteiger partial charge in [0.2, 0.25) is 0 Å². The number of thiophene rings is 1. The summed E-state index contributed by atoms with van der Waals surface area (Å²) in [4.78, 5) is 3.55. The maximum atomic E-state index is 13.6. The fourth-order valence-electron chi connectivity index (χ4n) is 2.65. The minimum atomic E-state index is -0.209. The van der Waals surface area contributed by atoms with Gasteiger partial charge < -0.3 is 10.2 Å². The SMILES string of the molecule is Cc1ccc(NC(=S)N2CCC[C@H]2c2cccs2)cc1F. The van der Waals surface area contributed by atoms with Gasteiger partial charge in [-0.1, -0.05) is 12.1 Å². The molecule has 0 bridgehead atoms. The largest absolute Gasteiger partial charge is 0.341 e. The van der Waals surface area contributed by atoms with Crippen molar-refractivity contribution in [2.75, 3.05) is 11.9 Å². The Morgan fingerprint density at radius 1 is 1.43 bits per heavy atom. The number of benzene rings is 1. The lowest BCUT2D eigenvalue weighted by atomic mass is 10.2. The molecular formula is C16H17FN2S2. The van der Waals surface area contributed by atoms with Crippen LogP contribution in [-0.2, 0) is 0 Å². The van der Waals surface area contributed by atoms with E-state index in [1.54, 1.807) is 24.3 Å². The lowest BCUT2D eigenvalue weighted by molar-refractivity contribution is 0.412. The molecule has 1 atom stereocenters. The summed E-state index contributed by atoms with van der Waals surface area (Å²) in [6, 6.07) is 9.70. The molecule has 1 fully saturated rings. The lowest BCUT2D eigenvalue weighted by Gasteiger charge is -2.27. The van der Waals surface area contributed by atoms with E-state index >= 15 is 0 Å². The Balaban J connectivity index is 1.73. The first-order valence-corrected chi connectivity index (χ1v) is 8.31. The number of hydrogen-bond donors (Lipinski definition) is 1. The first kappa shape index (κ1) is 14.5. The lowest BCUT2D eigenvalue weighted by Crippen LogP contribution is -2.33. The number of aryl methyl sites for hydroxylation is 1. The van der Waals surface area contributed by atoms with Crippen LogP contribution in [0.4, 0.5) is 10.1 Å². The van der Waals surface area contributed by atoms with Crippen molar-refractivity contribution in [2.24, 2.45) is 0 Å². The third-order valence-electron chi connectivity index (χ3n) is 3.81. The van der Waals surface area contributed by atoms with Gasteiger partial charge in [-0.3, -0.25) is 0 Å². The number of likely N-dealkylation sites (tertiary alicyclic amines) is 1. The van der Waals surface area contributed by atoms with Gasteiger partial charge in [0.1, 0.15) is 5.82 Å². The van der Waals surface area contributed by atoms with Crippen LogP contribution in [0.1, 0.15) is 29.3 Å². The van der Waals surface area contributed by atoms with E-state index in [0.717, 1.165) is 19.4 Å². The van der Waals surface area contributed by atoms with Crippen molar-refractivity contribution in [3.8, 4) is 0 Å². The van der Waals surface area contributed by atoms with Gasteiger partial charge in [-0.15, -0.1) is 11.3 Å². The second kappa shape index (κ2) is 6.12. The van der Waals surface area contributed by atoms with E-state index in [9.17, 15) is 4.39 Å². The molecular weight excluding hydrogens is 303 g/mol. The molecule has 0 unspecified atom stereocenters. The van der Waals surface area contributed by atoms with Gasteiger partial charge in [0.15, 0.2) is 5.11 Å². The molecule has 1 N–H and O–H groups in total. The average molecular weight is 320 g/mol. The monoisotopic (exact) mass is 320 g/mol. The van der Waals surface area contributed by atoms with Crippen molar-refractivity contribution >= 4 is 34.4 Å². The van der Waals surface area contributed by atoms with Crippen molar-refractivity contribution in [3.63, 3.8) is 0 Å². The Morgan fingerprint density at radius 2 is 2.29 bits per heavy atom. The molecule has 1 aliphatic rings. The number of hydrogen-bond acceptors (Lipinski definition) is 2. The highest BCUT2D eigenvalue weighted by Crippen LogP contribution is 2.34. The maximum absolute atomic E-state index is 13.6. The third kappa shape index (κ3) is 3.09. The van der Waals surface area contributed by atoms with Gasteiger partial charge in [0.25, 0.3) is 0 Å². The fraction of sp³-hybridized carbons (Fsp3) is 0.312. The standard InChI is InChI=1S/C16H17FN2S2/c1-11-6-7-12(10-13(11)17)18-16(20)19-8-2-4-14(19)15-5-3-9-21-15/h3,5-7,9-10,14H,2,4,8H2,1H3,(H,18,20)/t14-/m0/s1. The summed E-state index contributed by atoms with van der Waals surface area (Å²) in [5.74, 6) is -0.209. The summed E-state index contributed by atoms with van der Waals surface area (Å²) in [6.07, 6.45) is 2.25. The van der Waals surface area contributed by atoms with Crippen LogP contribution in [0, 0.1) is 12.7 Å². The zero-order chi connectivity index (χ0) is 14.8.